The van der Waals surface area contributed by atoms with E-state index in [-0.39, 0.29) is 34.3 Å². The van der Waals surface area contributed by atoms with Gasteiger partial charge in [-0.1, -0.05) is 117 Å². The maximum absolute atomic E-state index is 14.7. The van der Waals surface area contributed by atoms with Gasteiger partial charge in [0.25, 0.3) is 5.56 Å². The molecule has 0 amide bonds. The lowest BCUT2D eigenvalue weighted by molar-refractivity contribution is -0.109. The number of H-pyrrole nitrogens is 1. The standard InChI is InChI=1S/C44H60N4O3/c1-6-8-15-26-44(27-16-9-7-2)45-32-23-17-22-28-24-25-31(37(46-44)33(28)32)34-39(49)35(40(34)50)36-41(43(3,4)5)47-48(42(36)51)38(30-20-13-14-21-30)29-18-11-10-12-19-29/h17,22-25,29-30,38,45,47,49H,6-16,18-21,26-27H2,1-5H3. The molecule has 3 N–H and O–H groups in total. The molecular weight excluding hydrogens is 633 g/mol. The number of allylic oxidation sites excluding steroid dienone is 2. The number of aromatic nitrogens is 2. The van der Waals surface area contributed by atoms with Gasteiger partial charge in [-0.25, -0.2) is 4.68 Å². The van der Waals surface area contributed by atoms with Gasteiger partial charge in [-0.15, -0.1) is 0 Å². The second-order valence-corrected chi connectivity index (χ2v) is 17.2. The molecule has 1 aromatic heterocycles. The Kier molecular flexibility index (Phi) is 10.1. The van der Waals surface area contributed by atoms with Crippen LogP contribution in [-0.2, 0) is 10.2 Å². The molecule has 0 radical (unpaired) electrons. The minimum atomic E-state index is -0.473. The van der Waals surface area contributed by atoms with Crippen molar-refractivity contribution in [2.24, 2.45) is 16.8 Å². The summed E-state index contributed by atoms with van der Waals surface area (Å²) in [6.45, 7) is 10.7. The van der Waals surface area contributed by atoms with Crippen LogP contribution in [0.1, 0.15) is 161 Å². The summed E-state index contributed by atoms with van der Waals surface area (Å²) in [5.41, 5.74) is 1.51. The molecule has 1 atom stereocenters. The summed E-state index contributed by atoms with van der Waals surface area (Å²) in [5, 5.41) is 23.0. The van der Waals surface area contributed by atoms with Crippen LogP contribution in [0.2, 0.25) is 0 Å². The fourth-order valence-electron chi connectivity index (χ4n) is 9.88. The second-order valence-electron chi connectivity index (χ2n) is 17.2. The summed E-state index contributed by atoms with van der Waals surface area (Å²) in [6.07, 6.45) is 19.2. The van der Waals surface area contributed by atoms with Gasteiger partial charge in [0, 0.05) is 21.7 Å². The van der Waals surface area contributed by atoms with Gasteiger partial charge in [0.2, 0.25) is 5.78 Å². The monoisotopic (exact) mass is 692 g/mol. The number of hydrogen-bond donors (Lipinski definition) is 3. The van der Waals surface area contributed by atoms with Crippen LogP contribution >= 0.6 is 0 Å². The molecule has 2 heterocycles. The fraction of sp³-hybridized carbons (Fsp3) is 0.614. The minimum Gasteiger partial charge on any atom is -0.506 e. The molecule has 274 valence electrons. The molecule has 0 bridgehead atoms. The smallest absolute Gasteiger partial charge is 0.275 e. The Morgan fingerprint density at radius 3 is 2.08 bits per heavy atom. The molecule has 3 aliphatic carbocycles. The number of carbonyl (C=O) groups is 1. The van der Waals surface area contributed by atoms with Crippen molar-refractivity contribution >= 4 is 33.4 Å². The average Bonchev–Trinajstić information content (AvgIpc) is 3.76. The van der Waals surface area contributed by atoms with E-state index in [4.69, 9.17) is 4.99 Å². The average molecular weight is 693 g/mol. The molecule has 2 aromatic carbocycles. The lowest BCUT2D eigenvalue weighted by atomic mass is 9.77. The van der Waals surface area contributed by atoms with E-state index >= 15 is 0 Å². The van der Waals surface area contributed by atoms with E-state index in [1.54, 1.807) is 0 Å². The molecule has 1 unspecified atom stereocenters. The van der Waals surface area contributed by atoms with E-state index in [0.29, 0.717) is 22.6 Å². The fourth-order valence-corrected chi connectivity index (χ4v) is 9.88. The summed E-state index contributed by atoms with van der Waals surface area (Å²) >= 11 is 0. The van der Waals surface area contributed by atoms with Crippen LogP contribution in [0.5, 0.6) is 0 Å². The van der Waals surface area contributed by atoms with Crippen LogP contribution in [0.25, 0.3) is 21.9 Å². The highest BCUT2D eigenvalue weighted by Crippen LogP contribution is 2.45. The SMILES string of the molecule is CCCCCC1(CCCCC)N=c2c(=C3C(=O)C(c4c(C(C)(C)C)[nH]n(C(C5CCCCC5)C5CCCC5)c4=O)=C3O)ccc3cccc(c23)N1. The number of nitrogens with one attached hydrogen (secondary N) is 2. The van der Waals surface area contributed by atoms with Crippen molar-refractivity contribution in [3.8, 4) is 0 Å². The first-order valence-corrected chi connectivity index (χ1v) is 20.4. The lowest BCUT2D eigenvalue weighted by Gasteiger charge is -2.36. The van der Waals surface area contributed by atoms with Crippen molar-refractivity contribution in [3.05, 3.63) is 68.3 Å². The van der Waals surface area contributed by atoms with Crippen LogP contribution in [0.4, 0.5) is 5.69 Å². The molecular formula is C44H60N4O3. The highest BCUT2D eigenvalue weighted by molar-refractivity contribution is 6.51. The number of ketones is 1. The van der Waals surface area contributed by atoms with Crippen LogP contribution in [-0.4, -0.2) is 26.3 Å². The molecule has 7 nitrogen and oxygen atoms in total. The van der Waals surface area contributed by atoms with E-state index in [0.717, 1.165) is 105 Å². The summed E-state index contributed by atoms with van der Waals surface area (Å²) in [4.78, 5) is 34.8. The number of aromatic amines is 1. The van der Waals surface area contributed by atoms with Crippen molar-refractivity contribution in [2.45, 2.75) is 161 Å². The summed E-state index contributed by atoms with van der Waals surface area (Å²) < 4.78 is 1.90. The Hall–Kier alpha value is -3.61. The zero-order valence-electron chi connectivity index (χ0n) is 31.8. The number of rotatable bonds is 12. The topological polar surface area (TPSA) is 99.5 Å². The molecule has 2 saturated carbocycles. The third kappa shape index (κ3) is 6.52. The van der Waals surface area contributed by atoms with Crippen LogP contribution in [0, 0.1) is 11.8 Å². The molecule has 51 heavy (non-hydrogen) atoms. The van der Waals surface area contributed by atoms with E-state index < -0.39 is 11.1 Å². The van der Waals surface area contributed by atoms with E-state index in [1.807, 2.05) is 16.8 Å². The number of carbonyl (C=O) groups excluding carboxylic acids is 1. The summed E-state index contributed by atoms with van der Waals surface area (Å²) in [5.74, 6) is 0.566. The van der Waals surface area contributed by atoms with E-state index in [9.17, 15) is 14.7 Å². The number of Topliss-reactive ketones (excluding diaryl/α,β-unsaturated/α-hetero) is 1. The molecule has 0 spiro atoms. The van der Waals surface area contributed by atoms with Crippen LogP contribution < -0.4 is 21.5 Å². The largest absolute Gasteiger partial charge is 0.506 e. The van der Waals surface area contributed by atoms with Gasteiger partial charge in [0.1, 0.15) is 11.4 Å². The molecule has 2 fully saturated rings. The molecule has 7 rings (SSSR count). The van der Waals surface area contributed by atoms with E-state index in [1.165, 1.54) is 32.1 Å². The number of nitrogens with zero attached hydrogens (tertiary/aromatic N) is 2. The predicted octanol–water partition coefficient (Wildman–Crippen LogP) is 9.54. The lowest BCUT2D eigenvalue weighted by Crippen LogP contribution is -2.46. The first-order valence-electron chi connectivity index (χ1n) is 20.4. The predicted molar refractivity (Wildman–Crippen MR) is 209 cm³/mol. The third-order valence-electron chi connectivity index (χ3n) is 12.5. The molecule has 1 aliphatic heterocycles. The zero-order chi connectivity index (χ0) is 35.9. The third-order valence-corrected chi connectivity index (χ3v) is 12.5. The number of hydrogen-bond acceptors (Lipinski definition) is 5. The van der Waals surface area contributed by atoms with Crippen LogP contribution in [0.15, 0.2) is 45.9 Å². The maximum Gasteiger partial charge on any atom is 0.275 e. The second kappa shape index (κ2) is 14.4. The van der Waals surface area contributed by atoms with Gasteiger partial charge in [-0.2, -0.15) is 0 Å². The Morgan fingerprint density at radius 1 is 0.863 bits per heavy atom. The Labute approximate surface area is 303 Å². The Bertz CT molecular complexity index is 1990. The number of benzene rings is 2. The Morgan fingerprint density at radius 2 is 1.49 bits per heavy atom. The molecule has 0 saturated heterocycles. The first-order chi connectivity index (χ1) is 24.6. The van der Waals surface area contributed by atoms with Crippen LogP contribution in [0.3, 0.4) is 0 Å². The molecule has 7 heteroatoms. The van der Waals surface area contributed by atoms with Gasteiger partial charge in [0.15, 0.2) is 0 Å². The number of unbranched alkanes of at least 4 members (excludes halogenated alkanes) is 4. The Balaban J connectivity index is 1.41. The van der Waals surface area contributed by atoms with Crippen molar-refractivity contribution in [1.29, 1.82) is 0 Å². The summed E-state index contributed by atoms with van der Waals surface area (Å²) in [7, 11) is 0. The minimum absolute atomic E-state index is 0.0757. The molecule has 4 aliphatic rings. The molecule has 3 aromatic rings. The van der Waals surface area contributed by atoms with Gasteiger partial charge in [-0.3, -0.25) is 19.7 Å². The van der Waals surface area contributed by atoms with Crippen molar-refractivity contribution in [3.63, 3.8) is 0 Å². The normalized spacial score (nSPS) is 21.2. The number of anilines is 1. The highest BCUT2D eigenvalue weighted by Gasteiger charge is 2.44. The van der Waals surface area contributed by atoms with Gasteiger partial charge in [-0.05, 0) is 74.7 Å². The highest BCUT2D eigenvalue weighted by atomic mass is 16.3. The van der Waals surface area contributed by atoms with Gasteiger partial charge in [0.05, 0.1) is 33.8 Å². The van der Waals surface area contributed by atoms with Crippen molar-refractivity contribution < 1.29 is 9.90 Å². The van der Waals surface area contributed by atoms with Crippen molar-refractivity contribution in [1.82, 2.24) is 9.78 Å². The zero-order valence-corrected chi connectivity index (χ0v) is 31.8. The number of aliphatic hydroxyl groups is 1. The maximum atomic E-state index is 14.7. The van der Waals surface area contributed by atoms with Gasteiger partial charge < -0.3 is 10.4 Å². The summed E-state index contributed by atoms with van der Waals surface area (Å²) in [6, 6.07) is 10.4. The van der Waals surface area contributed by atoms with Crippen molar-refractivity contribution in [2.75, 3.05) is 5.32 Å². The first kappa shape index (κ1) is 35.8. The van der Waals surface area contributed by atoms with E-state index in [2.05, 4.69) is 63.2 Å². The number of aliphatic hydroxyl groups excluding tert-OH is 1. The quantitative estimate of drug-likeness (QED) is 0.165. The van der Waals surface area contributed by atoms with Gasteiger partial charge >= 0.3 is 0 Å².